The molecule has 3 rings (SSSR count). The number of hydrogen-bond donors (Lipinski definition) is 1. The van der Waals surface area contributed by atoms with E-state index in [4.69, 9.17) is 4.74 Å². The molecule has 3 aromatic rings. The van der Waals surface area contributed by atoms with Gasteiger partial charge in [0.1, 0.15) is 11.4 Å². The predicted molar refractivity (Wildman–Crippen MR) is 124 cm³/mol. The highest BCUT2D eigenvalue weighted by atomic mass is 16.6. The van der Waals surface area contributed by atoms with E-state index in [2.05, 4.69) is 70.8 Å². The molecule has 2 aromatic carbocycles. The fourth-order valence-corrected chi connectivity index (χ4v) is 3.21. The molecule has 0 radical (unpaired) electrons. The Morgan fingerprint density at radius 3 is 2.06 bits per heavy atom. The van der Waals surface area contributed by atoms with Gasteiger partial charge in [-0.2, -0.15) is 4.68 Å². The van der Waals surface area contributed by atoms with Gasteiger partial charge in [-0.15, -0.1) is 5.10 Å². The van der Waals surface area contributed by atoms with Gasteiger partial charge in [-0.1, -0.05) is 60.7 Å². The zero-order valence-electron chi connectivity index (χ0n) is 18.8. The van der Waals surface area contributed by atoms with Crippen molar-refractivity contribution in [1.82, 2.24) is 14.7 Å². The van der Waals surface area contributed by atoms with Crippen molar-refractivity contribution >= 4 is 11.9 Å². The molecule has 6 heteroatoms. The number of benzene rings is 2. The Morgan fingerprint density at radius 2 is 1.55 bits per heavy atom. The lowest BCUT2D eigenvalue weighted by Gasteiger charge is -2.29. The minimum absolute atomic E-state index is 0.243. The van der Waals surface area contributed by atoms with Gasteiger partial charge in [0.2, 0.25) is 0 Å². The van der Waals surface area contributed by atoms with Gasteiger partial charge in [-0.25, -0.2) is 4.79 Å². The van der Waals surface area contributed by atoms with Crippen LogP contribution < -0.4 is 5.32 Å². The Kier molecular flexibility index (Phi) is 7.47. The summed E-state index contributed by atoms with van der Waals surface area (Å²) in [4.78, 5) is 14.6. The molecule has 1 N–H and O–H groups in total. The van der Waals surface area contributed by atoms with Crippen molar-refractivity contribution in [2.45, 2.75) is 52.4 Å². The second kappa shape index (κ2) is 10.3. The van der Waals surface area contributed by atoms with E-state index in [1.54, 1.807) is 12.3 Å². The third kappa shape index (κ3) is 7.26. The highest BCUT2D eigenvalue weighted by Gasteiger charge is 2.19. The molecule has 1 atom stereocenters. The number of anilines is 1. The third-order valence-electron chi connectivity index (χ3n) is 4.83. The van der Waals surface area contributed by atoms with Crippen LogP contribution in [0.5, 0.6) is 0 Å². The zero-order valence-corrected chi connectivity index (χ0v) is 18.8. The fraction of sp³-hybridized carbons (Fsp3) is 0.360. The predicted octanol–water partition coefficient (Wildman–Crippen LogP) is 5.17. The Balaban J connectivity index is 1.63. The molecule has 1 aromatic heterocycles. The molecule has 0 aliphatic carbocycles. The van der Waals surface area contributed by atoms with Gasteiger partial charge in [0.15, 0.2) is 0 Å². The van der Waals surface area contributed by atoms with Crippen LogP contribution in [-0.4, -0.2) is 39.0 Å². The third-order valence-corrected chi connectivity index (χ3v) is 4.83. The normalized spacial score (nSPS) is 12.5. The quantitative estimate of drug-likeness (QED) is 0.545. The van der Waals surface area contributed by atoms with Crippen LogP contribution in [0, 0.1) is 0 Å². The van der Waals surface area contributed by atoms with Gasteiger partial charge < -0.3 is 10.1 Å². The molecule has 0 amide bonds. The van der Waals surface area contributed by atoms with E-state index >= 15 is 0 Å². The number of hydrogen-bond acceptors (Lipinski definition) is 5. The van der Waals surface area contributed by atoms with Crippen LogP contribution in [0.3, 0.4) is 0 Å². The van der Waals surface area contributed by atoms with Crippen molar-refractivity contribution in [3.05, 3.63) is 84.1 Å². The summed E-state index contributed by atoms with van der Waals surface area (Å²) in [7, 11) is 0. The largest absolute Gasteiger partial charge is 0.442 e. The van der Waals surface area contributed by atoms with Gasteiger partial charge in [-0.3, -0.25) is 4.90 Å². The number of carbonyl (C=O) groups excluding carboxylic acids is 1. The average molecular weight is 421 g/mol. The summed E-state index contributed by atoms with van der Waals surface area (Å²) in [5.41, 5.74) is 2.00. The Hall–Kier alpha value is -3.12. The SMILES string of the molecule is C[C@@H](CNc1ccn(C(=O)OC(C)(C)C)n1)N(Cc1ccccc1)Cc1ccccc1. The summed E-state index contributed by atoms with van der Waals surface area (Å²) >= 11 is 0. The van der Waals surface area contributed by atoms with Crippen LogP contribution in [0.4, 0.5) is 10.6 Å². The molecule has 0 aliphatic rings. The van der Waals surface area contributed by atoms with Crippen molar-refractivity contribution < 1.29 is 9.53 Å². The van der Waals surface area contributed by atoms with Gasteiger partial charge >= 0.3 is 6.09 Å². The Morgan fingerprint density at radius 1 is 1.00 bits per heavy atom. The summed E-state index contributed by atoms with van der Waals surface area (Å²) in [5.74, 6) is 0.650. The standard InChI is InChI=1S/C25H32N4O2/c1-20(17-26-23-15-16-29(27-23)24(30)31-25(2,3)4)28(18-21-11-7-5-8-12-21)19-22-13-9-6-10-14-22/h5-16,20H,17-19H2,1-4H3,(H,26,27)/t20-/m0/s1. The number of ether oxygens (including phenoxy) is 1. The van der Waals surface area contributed by atoms with E-state index in [1.165, 1.54) is 15.8 Å². The lowest BCUT2D eigenvalue weighted by atomic mass is 10.1. The number of nitrogens with zero attached hydrogens (tertiary/aromatic N) is 3. The Labute approximate surface area is 184 Å². The van der Waals surface area contributed by atoms with Gasteiger partial charge in [-0.05, 0) is 38.8 Å². The minimum Gasteiger partial charge on any atom is -0.442 e. The number of aromatic nitrogens is 2. The molecule has 6 nitrogen and oxygen atoms in total. The first-order valence-corrected chi connectivity index (χ1v) is 10.6. The topological polar surface area (TPSA) is 59.4 Å². The second-order valence-corrected chi connectivity index (χ2v) is 8.73. The molecule has 0 saturated carbocycles. The molecular formula is C25H32N4O2. The number of rotatable bonds is 8. The fourth-order valence-electron chi connectivity index (χ4n) is 3.21. The van der Waals surface area contributed by atoms with E-state index in [0.29, 0.717) is 12.4 Å². The summed E-state index contributed by atoms with van der Waals surface area (Å²) in [6.45, 7) is 10.1. The summed E-state index contributed by atoms with van der Waals surface area (Å²) in [6.07, 6.45) is 1.13. The Bertz CT molecular complexity index is 907. The molecule has 31 heavy (non-hydrogen) atoms. The molecule has 0 saturated heterocycles. The van der Waals surface area contributed by atoms with Crippen molar-refractivity contribution in [2.75, 3.05) is 11.9 Å². The van der Waals surface area contributed by atoms with E-state index in [0.717, 1.165) is 13.1 Å². The van der Waals surface area contributed by atoms with Gasteiger partial charge in [0, 0.05) is 37.9 Å². The smallest absolute Gasteiger partial charge is 0.435 e. The second-order valence-electron chi connectivity index (χ2n) is 8.73. The van der Waals surface area contributed by atoms with Crippen LogP contribution >= 0.6 is 0 Å². The molecule has 164 valence electrons. The maximum absolute atomic E-state index is 12.2. The van der Waals surface area contributed by atoms with E-state index in [1.807, 2.05) is 32.9 Å². The number of nitrogens with one attached hydrogen (secondary N) is 1. The summed E-state index contributed by atoms with van der Waals surface area (Å²) in [5, 5.41) is 7.66. The summed E-state index contributed by atoms with van der Waals surface area (Å²) in [6, 6.07) is 23.0. The highest BCUT2D eigenvalue weighted by Crippen LogP contribution is 2.15. The van der Waals surface area contributed by atoms with Crippen molar-refractivity contribution in [2.24, 2.45) is 0 Å². The average Bonchev–Trinajstić information content (AvgIpc) is 3.21. The highest BCUT2D eigenvalue weighted by molar-refractivity contribution is 5.70. The van der Waals surface area contributed by atoms with E-state index < -0.39 is 11.7 Å². The van der Waals surface area contributed by atoms with Gasteiger partial charge in [0.25, 0.3) is 0 Å². The van der Waals surface area contributed by atoms with Crippen LogP contribution in [0.25, 0.3) is 0 Å². The van der Waals surface area contributed by atoms with Crippen LogP contribution in [-0.2, 0) is 17.8 Å². The molecule has 0 fully saturated rings. The first-order chi connectivity index (χ1) is 14.8. The van der Waals surface area contributed by atoms with Crippen molar-refractivity contribution in [1.29, 1.82) is 0 Å². The molecule has 0 bridgehead atoms. The molecule has 0 spiro atoms. The monoisotopic (exact) mass is 420 g/mol. The zero-order chi connectivity index (χ0) is 22.3. The lowest BCUT2D eigenvalue weighted by Crippen LogP contribution is -2.37. The van der Waals surface area contributed by atoms with Crippen molar-refractivity contribution in [3.63, 3.8) is 0 Å². The van der Waals surface area contributed by atoms with Crippen molar-refractivity contribution in [3.8, 4) is 0 Å². The van der Waals surface area contributed by atoms with Gasteiger partial charge in [0.05, 0.1) is 0 Å². The first kappa shape index (κ1) is 22.6. The molecular weight excluding hydrogens is 388 g/mol. The number of carbonyl (C=O) groups is 1. The van der Waals surface area contributed by atoms with Crippen LogP contribution in [0.2, 0.25) is 0 Å². The minimum atomic E-state index is -0.555. The molecule has 1 heterocycles. The summed E-state index contributed by atoms with van der Waals surface area (Å²) < 4.78 is 6.59. The van der Waals surface area contributed by atoms with Crippen LogP contribution in [0.15, 0.2) is 72.9 Å². The van der Waals surface area contributed by atoms with E-state index in [9.17, 15) is 4.79 Å². The first-order valence-electron chi connectivity index (χ1n) is 10.6. The molecule has 0 aliphatic heterocycles. The maximum atomic E-state index is 12.2. The van der Waals surface area contributed by atoms with Crippen LogP contribution in [0.1, 0.15) is 38.8 Å². The lowest BCUT2D eigenvalue weighted by molar-refractivity contribution is 0.0515. The maximum Gasteiger partial charge on any atom is 0.435 e. The molecule has 0 unspecified atom stereocenters. The van der Waals surface area contributed by atoms with E-state index in [-0.39, 0.29) is 6.04 Å².